The second kappa shape index (κ2) is 11.6. The minimum Gasteiger partial charge on any atom is -0.457 e. The van der Waals surface area contributed by atoms with Crippen molar-refractivity contribution >= 4 is 28.1 Å². The molecular formula is C25H27N3O6S. The average Bonchev–Trinajstić information content (AvgIpc) is 3.35. The third kappa shape index (κ3) is 7.62. The number of nitrogens with one attached hydrogen (secondary N) is 2. The molecule has 1 heterocycles. The highest BCUT2D eigenvalue weighted by atomic mass is 32.2. The highest BCUT2D eigenvalue weighted by Crippen LogP contribution is 2.15. The molecule has 3 aromatic rings. The van der Waals surface area contributed by atoms with Crippen LogP contribution in [-0.2, 0) is 14.8 Å². The van der Waals surface area contributed by atoms with E-state index < -0.39 is 27.9 Å². The first-order valence-electron chi connectivity index (χ1n) is 10.9. The number of furan rings is 1. The smallest absolute Gasteiger partial charge is 0.379 e. The van der Waals surface area contributed by atoms with Crippen LogP contribution in [0.1, 0.15) is 41.9 Å². The molecule has 0 saturated heterocycles. The van der Waals surface area contributed by atoms with E-state index in [0.717, 1.165) is 5.56 Å². The number of carbonyl (C=O) groups is 2. The van der Waals surface area contributed by atoms with Crippen LogP contribution in [0.5, 0.6) is 5.75 Å². The third-order valence-corrected chi connectivity index (χ3v) is 6.34. The molecule has 1 amide bonds. The summed E-state index contributed by atoms with van der Waals surface area (Å²) in [4.78, 5) is 24.7. The molecule has 0 fully saturated rings. The van der Waals surface area contributed by atoms with Crippen molar-refractivity contribution in [2.24, 2.45) is 11.0 Å². The van der Waals surface area contributed by atoms with Crippen LogP contribution >= 0.6 is 0 Å². The van der Waals surface area contributed by atoms with Crippen molar-refractivity contribution in [2.75, 3.05) is 0 Å². The van der Waals surface area contributed by atoms with E-state index in [4.69, 9.17) is 9.15 Å². The Labute approximate surface area is 204 Å². The van der Waals surface area contributed by atoms with Gasteiger partial charge in [-0.05, 0) is 73.4 Å². The minimum absolute atomic E-state index is 0.0619. The number of hydrogen-bond acceptors (Lipinski definition) is 7. The molecule has 0 radical (unpaired) electrons. The molecule has 2 aromatic carbocycles. The van der Waals surface area contributed by atoms with Crippen molar-refractivity contribution in [1.82, 2.24) is 10.1 Å². The molecule has 2 N–H and O–H groups in total. The lowest BCUT2D eigenvalue weighted by atomic mass is 10.0. The van der Waals surface area contributed by atoms with Crippen LogP contribution < -0.4 is 14.9 Å². The number of benzene rings is 2. The predicted octanol–water partition coefficient (Wildman–Crippen LogP) is 3.65. The Morgan fingerprint density at radius 2 is 1.74 bits per heavy atom. The minimum atomic E-state index is -3.89. The van der Waals surface area contributed by atoms with Crippen molar-refractivity contribution in [1.29, 1.82) is 0 Å². The lowest BCUT2D eigenvalue weighted by molar-refractivity contribution is -0.123. The number of ether oxygens (including phenoxy) is 1. The summed E-state index contributed by atoms with van der Waals surface area (Å²) in [6, 6.07) is 14.9. The fourth-order valence-corrected chi connectivity index (χ4v) is 4.28. The molecule has 0 spiro atoms. The zero-order chi connectivity index (χ0) is 25.4. The van der Waals surface area contributed by atoms with E-state index in [1.807, 2.05) is 20.8 Å². The molecule has 0 aliphatic heterocycles. The van der Waals surface area contributed by atoms with Gasteiger partial charge in [0.2, 0.25) is 15.8 Å². The lowest BCUT2D eigenvalue weighted by Crippen LogP contribution is -2.46. The van der Waals surface area contributed by atoms with E-state index >= 15 is 0 Å². The fraction of sp³-hybridized carbons (Fsp3) is 0.240. The van der Waals surface area contributed by atoms with Gasteiger partial charge in [0, 0.05) is 0 Å². The van der Waals surface area contributed by atoms with Gasteiger partial charge in [-0.3, -0.25) is 4.79 Å². The molecule has 0 bridgehead atoms. The monoisotopic (exact) mass is 497 g/mol. The Hall–Kier alpha value is -3.76. The quantitative estimate of drug-likeness (QED) is 0.191. The van der Waals surface area contributed by atoms with Crippen molar-refractivity contribution in [2.45, 2.75) is 38.1 Å². The van der Waals surface area contributed by atoms with Crippen LogP contribution in [-0.4, -0.2) is 32.6 Å². The highest BCUT2D eigenvalue weighted by Gasteiger charge is 2.26. The van der Waals surface area contributed by atoms with Crippen molar-refractivity contribution < 1.29 is 27.2 Å². The number of hydrogen-bond donors (Lipinski definition) is 2. The maximum atomic E-state index is 12.7. The second-order valence-corrected chi connectivity index (χ2v) is 10.0. The van der Waals surface area contributed by atoms with Gasteiger partial charge in [0.25, 0.3) is 5.91 Å². The molecule has 10 heteroatoms. The van der Waals surface area contributed by atoms with Crippen molar-refractivity contribution in [3.63, 3.8) is 0 Å². The third-order valence-electron chi connectivity index (χ3n) is 4.85. The summed E-state index contributed by atoms with van der Waals surface area (Å²) in [5, 5.41) is 3.93. The highest BCUT2D eigenvalue weighted by molar-refractivity contribution is 7.89. The summed E-state index contributed by atoms with van der Waals surface area (Å²) < 4.78 is 38.2. The topological polar surface area (TPSA) is 127 Å². The second-order valence-electron chi connectivity index (χ2n) is 8.29. The number of esters is 1. The van der Waals surface area contributed by atoms with Gasteiger partial charge in [0.05, 0.1) is 17.4 Å². The molecule has 35 heavy (non-hydrogen) atoms. The number of nitrogens with zero attached hydrogens (tertiary/aromatic N) is 1. The maximum absolute atomic E-state index is 12.7. The number of rotatable bonds is 10. The van der Waals surface area contributed by atoms with Crippen LogP contribution in [0.3, 0.4) is 0 Å². The molecule has 0 unspecified atom stereocenters. The number of aryl methyl sites for hydroxylation is 1. The molecule has 0 aliphatic carbocycles. The first-order valence-corrected chi connectivity index (χ1v) is 12.4. The number of hydrazone groups is 1. The van der Waals surface area contributed by atoms with Gasteiger partial charge in [-0.1, -0.05) is 31.5 Å². The van der Waals surface area contributed by atoms with E-state index in [9.17, 15) is 18.0 Å². The maximum Gasteiger partial charge on any atom is 0.379 e. The van der Waals surface area contributed by atoms with Gasteiger partial charge in [-0.15, -0.1) is 0 Å². The van der Waals surface area contributed by atoms with Crippen molar-refractivity contribution in [3.8, 4) is 5.75 Å². The van der Waals surface area contributed by atoms with E-state index in [-0.39, 0.29) is 16.6 Å². The average molecular weight is 498 g/mol. The van der Waals surface area contributed by atoms with Crippen LogP contribution in [0.2, 0.25) is 0 Å². The Morgan fingerprint density at radius 3 is 2.34 bits per heavy atom. The van der Waals surface area contributed by atoms with Crippen LogP contribution in [0.15, 0.2) is 81.3 Å². The summed E-state index contributed by atoms with van der Waals surface area (Å²) >= 11 is 0. The summed E-state index contributed by atoms with van der Waals surface area (Å²) in [5.74, 6) is -0.725. The number of sulfonamides is 1. The van der Waals surface area contributed by atoms with Gasteiger partial charge in [0.1, 0.15) is 11.8 Å². The Kier molecular flexibility index (Phi) is 8.56. The van der Waals surface area contributed by atoms with Crippen LogP contribution in [0.25, 0.3) is 0 Å². The molecule has 1 aromatic heterocycles. The van der Waals surface area contributed by atoms with E-state index in [0.29, 0.717) is 17.7 Å². The zero-order valence-electron chi connectivity index (χ0n) is 19.6. The first kappa shape index (κ1) is 25.9. The van der Waals surface area contributed by atoms with E-state index in [1.165, 1.54) is 30.7 Å². The first-order chi connectivity index (χ1) is 16.6. The summed E-state index contributed by atoms with van der Waals surface area (Å²) in [5.41, 5.74) is 3.95. The van der Waals surface area contributed by atoms with E-state index in [1.54, 1.807) is 42.5 Å². The Morgan fingerprint density at radius 1 is 1.06 bits per heavy atom. The molecule has 0 saturated carbocycles. The molecular weight excluding hydrogens is 470 g/mol. The normalized spacial score (nSPS) is 12.6. The number of carbonyl (C=O) groups excluding carboxylic acids is 2. The SMILES string of the molecule is Cc1ccc(S(=O)(=O)N[C@@H](CC(C)C)C(=O)N/N=C\c2ccc(OC(=O)c3ccco3)cc2)cc1. The van der Waals surface area contributed by atoms with Gasteiger partial charge in [0.15, 0.2) is 0 Å². The summed E-state index contributed by atoms with van der Waals surface area (Å²) in [7, 11) is -3.89. The Bertz CT molecular complexity index is 1270. The van der Waals surface area contributed by atoms with Gasteiger partial charge in [-0.25, -0.2) is 18.6 Å². The van der Waals surface area contributed by atoms with Gasteiger partial charge >= 0.3 is 5.97 Å². The largest absolute Gasteiger partial charge is 0.457 e. The molecule has 9 nitrogen and oxygen atoms in total. The van der Waals surface area contributed by atoms with Gasteiger partial charge in [-0.2, -0.15) is 9.82 Å². The van der Waals surface area contributed by atoms with Crippen LogP contribution in [0, 0.1) is 12.8 Å². The van der Waals surface area contributed by atoms with E-state index in [2.05, 4.69) is 15.2 Å². The molecule has 3 rings (SSSR count). The van der Waals surface area contributed by atoms with Gasteiger partial charge < -0.3 is 9.15 Å². The molecule has 184 valence electrons. The summed E-state index contributed by atoms with van der Waals surface area (Å²) in [6.45, 7) is 5.64. The fourth-order valence-electron chi connectivity index (χ4n) is 3.08. The van der Waals surface area contributed by atoms with Crippen LogP contribution in [0.4, 0.5) is 0 Å². The number of amides is 1. The predicted molar refractivity (Wildman–Crippen MR) is 131 cm³/mol. The summed E-state index contributed by atoms with van der Waals surface area (Å²) in [6.07, 6.45) is 3.07. The molecule has 0 aliphatic rings. The molecule has 1 atom stereocenters. The standard InChI is InChI=1S/C25H27N3O6S/c1-17(2)15-22(28-35(31,32)21-12-6-18(3)7-13-21)24(29)27-26-16-19-8-10-20(11-9-19)34-25(30)23-5-4-14-33-23/h4-14,16-17,22,28H,15H2,1-3H3,(H,27,29)/b26-16-/t22-/m0/s1. The van der Waals surface area contributed by atoms with Crippen molar-refractivity contribution in [3.05, 3.63) is 83.8 Å². The lowest BCUT2D eigenvalue weighted by Gasteiger charge is -2.19. The Balaban J connectivity index is 1.61. The zero-order valence-corrected chi connectivity index (χ0v) is 20.4.